The summed E-state index contributed by atoms with van der Waals surface area (Å²) in [4.78, 5) is 38.8. The zero-order valence-electron chi connectivity index (χ0n) is 32.5. The van der Waals surface area contributed by atoms with Crippen molar-refractivity contribution in [2.24, 2.45) is 23.7 Å². The minimum atomic E-state index is -0.118. The summed E-state index contributed by atoms with van der Waals surface area (Å²) in [5, 5.41) is 5.96. The number of nitrogens with zero attached hydrogens (tertiary/aromatic N) is 6. The van der Waals surface area contributed by atoms with E-state index in [4.69, 9.17) is 9.47 Å². The van der Waals surface area contributed by atoms with Crippen LogP contribution < -0.4 is 20.4 Å². The number of hydrogen-bond acceptors (Lipinski definition) is 8. The van der Waals surface area contributed by atoms with Gasteiger partial charge in [0, 0.05) is 39.3 Å². The fourth-order valence-corrected chi connectivity index (χ4v) is 6.58. The molecule has 12 nitrogen and oxygen atoms in total. The molecule has 0 radical (unpaired) electrons. The van der Waals surface area contributed by atoms with Crippen molar-refractivity contribution in [1.29, 1.82) is 0 Å². The normalized spacial score (nSPS) is 18.1. The van der Waals surface area contributed by atoms with E-state index in [1.165, 1.54) is 0 Å². The van der Waals surface area contributed by atoms with Gasteiger partial charge in [0.25, 0.3) is 0 Å². The lowest BCUT2D eigenvalue weighted by Crippen LogP contribution is -2.44. The van der Waals surface area contributed by atoms with Gasteiger partial charge in [0.2, 0.25) is 0 Å². The molecule has 12 heteroatoms. The molecule has 52 heavy (non-hydrogen) atoms. The van der Waals surface area contributed by atoms with E-state index in [2.05, 4.69) is 97.9 Å². The average Bonchev–Trinajstić information content (AvgIpc) is 3.77. The maximum absolute atomic E-state index is 12.5. The van der Waals surface area contributed by atoms with Crippen LogP contribution in [0.15, 0.2) is 49.1 Å². The SMILES string of the molecule is CC(C)CCNC(=O)n1cnc2c(N3CCO[C@@H](C(C)C)C3)cccc21.CC(C)CCNC(=O)n1cnc2c(N3CCO[C@H](C(C)C)C3)cccc21. The van der Waals surface area contributed by atoms with E-state index in [0.717, 1.165) is 85.7 Å². The Hall–Kier alpha value is -4.16. The quantitative estimate of drug-likeness (QED) is 0.180. The summed E-state index contributed by atoms with van der Waals surface area (Å²) < 4.78 is 15.0. The first kappa shape index (κ1) is 39.1. The lowest BCUT2D eigenvalue weighted by Gasteiger charge is -2.36. The number of aromatic nitrogens is 4. The van der Waals surface area contributed by atoms with Gasteiger partial charge in [-0.25, -0.2) is 19.6 Å². The Bertz CT molecular complexity index is 1630. The number of anilines is 2. The molecule has 0 spiro atoms. The van der Waals surface area contributed by atoms with Crippen molar-refractivity contribution >= 4 is 45.5 Å². The predicted molar refractivity (Wildman–Crippen MR) is 210 cm³/mol. The molecular formula is C40H60N8O4. The Kier molecular flexibility index (Phi) is 13.6. The summed E-state index contributed by atoms with van der Waals surface area (Å²) in [6, 6.07) is 11.8. The molecule has 2 aliphatic heterocycles. The van der Waals surface area contributed by atoms with Gasteiger partial charge in [-0.3, -0.25) is 9.13 Å². The Morgan fingerprint density at radius 1 is 0.673 bits per heavy atom. The van der Waals surface area contributed by atoms with Crippen molar-refractivity contribution in [2.45, 2.75) is 80.4 Å². The molecule has 0 aliphatic carbocycles. The van der Waals surface area contributed by atoms with Crippen molar-refractivity contribution in [1.82, 2.24) is 29.7 Å². The highest BCUT2D eigenvalue weighted by atomic mass is 16.5. The summed E-state index contributed by atoms with van der Waals surface area (Å²) in [7, 11) is 0. The van der Waals surface area contributed by atoms with Crippen LogP contribution in [0.5, 0.6) is 0 Å². The van der Waals surface area contributed by atoms with Crippen molar-refractivity contribution < 1.29 is 19.1 Å². The van der Waals surface area contributed by atoms with Crippen LogP contribution in [0.3, 0.4) is 0 Å². The van der Waals surface area contributed by atoms with Gasteiger partial charge in [-0.2, -0.15) is 0 Å². The lowest BCUT2D eigenvalue weighted by atomic mass is 10.1. The monoisotopic (exact) mass is 716 g/mol. The third-order valence-corrected chi connectivity index (χ3v) is 9.90. The molecule has 4 aromatic rings. The molecule has 2 aliphatic rings. The van der Waals surface area contributed by atoms with Crippen molar-refractivity contribution in [3.8, 4) is 0 Å². The first-order valence-electron chi connectivity index (χ1n) is 19.2. The highest BCUT2D eigenvalue weighted by Gasteiger charge is 2.27. The zero-order valence-corrected chi connectivity index (χ0v) is 32.5. The predicted octanol–water partition coefficient (Wildman–Crippen LogP) is 7.00. The van der Waals surface area contributed by atoms with Crippen LogP contribution in [-0.2, 0) is 9.47 Å². The maximum Gasteiger partial charge on any atom is 0.327 e. The third-order valence-electron chi connectivity index (χ3n) is 9.90. The van der Waals surface area contributed by atoms with E-state index in [9.17, 15) is 9.59 Å². The largest absolute Gasteiger partial charge is 0.374 e. The second-order valence-electron chi connectivity index (χ2n) is 15.5. The Balaban J connectivity index is 0.000000201. The molecule has 2 atom stereocenters. The van der Waals surface area contributed by atoms with Crippen LogP contribution in [-0.4, -0.2) is 95.9 Å². The maximum atomic E-state index is 12.5. The second kappa shape index (κ2) is 18.1. The number of morpholine rings is 2. The van der Waals surface area contributed by atoms with Gasteiger partial charge in [-0.1, -0.05) is 67.5 Å². The van der Waals surface area contributed by atoms with Crippen LogP contribution in [0.25, 0.3) is 22.1 Å². The number of benzene rings is 2. The fourth-order valence-electron chi connectivity index (χ4n) is 6.58. The number of amides is 2. The van der Waals surface area contributed by atoms with Gasteiger partial charge < -0.3 is 29.9 Å². The van der Waals surface area contributed by atoms with E-state index >= 15 is 0 Å². The van der Waals surface area contributed by atoms with Gasteiger partial charge in [0.15, 0.2) is 0 Å². The van der Waals surface area contributed by atoms with Crippen molar-refractivity contribution in [3.63, 3.8) is 0 Å². The highest BCUT2D eigenvalue weighted by molar-refractivity contribution is 5.96. The molecule has 2 aromatic carbocycles. The van der Waals surface area contributed by atoms with Crippen LogP contribution in [0.2, 0.25) is 0 Å². The van der Waals surface area contributed by atoms with Crippen LogP contribution >= 0.6 is 0 Å². The number of rotatable bonds is 10. The summed E-state index contributed by atoms with van der Waals surface area (Å²) in [5.41, 5.74) is 5.58. The summed E-state index contributed by atoms with van der Waals surface area (Å²) in [5.74, 6) is 2.08. The summed E-state index contributed by atoms with van der Waals surface area (Å²) in [6.45, 7) is 23.5. The fraction of sp³-hybridized carbons (Fsp3) is 0.600. The first-order valence-corrected chi connectivity index (χ1v) is 19.2. The third kappa shape index (κ3) is 9.63. The van der Waals surface area contributed by atoms with Crippen LogP contribution in [0.1, 0.15) is 68.2 Å². The smallest absolute Gasteiger partial charge is 0.327 e. The van der Waals surface area contributed by atoms with Gasteiger partial charge >= 0.3 is 12.1 Å². The number of hydrogen-bond donors (Lipinski definition) is 2. The van der Waals surface area contributed by atoms with Crippen molar-refractivity contribution in [3.05, 3.63) is 49.1 Å². The number of carbonyl (C=O) groups is 2. The number of imidazole rings is 2. The lowest BCUT2D eigenvalue weighted by molar-refractivity contribution is 0.0114. The number of fused-ring (bicyclic) bond motifs is 2. The van der Waals surface area contributed by atoms with E-state index in [0.29, 0.717) is 36.8 Å². The Morgan fingerprint density at radius 2 is 1.08 bits per heavy atom. The van der Waals surface area contributed by atoms with Crippen LogP contribution in [0, 0.1) is 23.7 Å². The number of carbonyl (C=O) groups excluding carboxylic acids is 2. The number of para-hydroxylation sites is 2. The molecule has 0 saturated carbocycles. The molecule has 0 bridgehead atoms. The molecule has 2 N–H and O–H groups in total. The first-order chi connectivity index (χ1) is 24.9. The van der Waals surface area contributed by atoms with E-state index in [1.807, 2.05) is 24.3 Å². The van der Waals surface area contributed by atoms with Crippen molar-refractivity contribution in [2.75, 3.05) is 62.3 Å². The molecule has 2 fully saturated rings. The molecular weight excluding hydrogens is 656 g/mol. The van der Waals surface area contributed by atoms with Gasteiger partial charge in [-0.15, -0.1) is 0 Å². The van der Waals surface area contributed by atoms with E-state index in [1.54, 1.807) is 21.8 Å². The summed E-state index contributed by atoms with van der Waals surface area (Å²) >= 11 is 0. The van der Waals surface area contributed by atoms with Gasteiger partial charge in [0.1, 0.15) is 23.7 Å². The van der Waals surface area contributed by atoms with Gasteiger partial charge in [-0.05, 0) is 60.8 Å². The molecule has 2 saturated heterocycles. The molecule has 6 rings (SSSR count). The second-order valence-corrected chi connectivity index (χ2v) is 15.5. The molecule has 2 amide bonds. The van der Waals surface area contributed by atoms with Crippen LogP contribution in [0.4, 0.5) is 21.0 Å². The minimum Gasteiger partial charge on any atom is -0.374 e. The Labute approximate surface area is 309 Å². The van der Waals surface area contributed by atoms with E-state index < -0.39 is 0 Å². The standard InChI is InChI=1S/2C20H30N4O2/c2*1-14(2)8-9-21-20(25)24-13-22-19-16(6-5-7-17(19)24)23-10-11-26-18(12-23)15(3)4/h2*5-7,13-15,18H,8-12H2,1-4H3,(H,21,25)/t2*18-/m10/s1. The topological polar surface area (TPSA) is 119 Å². The zero-order chi connectivity index (χ0) is 37.4. The summed E-state index contributed by atoms with van der Waals surface area (Å²) in [6.07, 6.45) is 5.63. The molecule has 284 valence electrons. The highest BCUT2D eigenvalue weighted by Crippen LogP contribution is 2.30. The average molecular weight is 717 g/mol. The molecule has 0 unspecified atom stereocenters. The molecule has 2 aromatic heterocycles. The molecule has 4 heterocycles. The number of nitrogens with one attached hydrogen (secondary N) is 2. The Morgan fingerprint density at radius 3 is 1.44 bits per heavy atom. The minimum absolute atomic E-state index is 0.118. The number of ether oxygens (including phenoxy) is 2. The van der Waals surface area contributed by atoms with Gasteiger partial charge in [0.05, 0.1) is 47.8 Å². The van der Waals surface area contributed by atoms with E-state index in [-0.39, 0.29) is 24.3 Å².